The van der Waals surface area contributed by atoms with Gasteiger partial charge in [0, 0.05) is 36.1 Å². The first kappa shape index (κ1) is 36.2. The highest BCUT2D eigenvalue weighted by molar-refractivity contribution is 6.35. The van der Waals surface area contributed by atoms with Crippen molar-refractivity contribution in [2.24, 2.45) is 0 Å². The van der Waals surface area contributed by atoms with Crippen LogP contribution in [-0.4, -0.2) is 89.2 Å². The fourth-order valence-corrected chi connectivity index (χ4v) is 6.71. The van der Waals surface area contributed by atoms with Crippen LogP contribution in [0.5, 0.6) is 0 Å². The number of carbonyl (C=O) groups excluding carboxylic acids is 4. The Kier molecular flexibility index (Phi) is 10.3. The lowest BCUT2D eigenvalue weighted by molar-refractivity contribution is -0.166. The summed E-state index contributed by atoms with van der Waals surface area (Å²) in [5.74, 6) is -2.20. The van der Waals surface area contributed by atoms with E-state index in [4.69, 9.17) is 32.7 Å². The number of rotatable bonds is 8. The number of halogens is 2. The van der Waals surface area contributed by atoms with Crippen molar-refractivity contribution in [2.45, 2.75) is 83.3 Å². The van der Waals surface area contributed by atoms with Crippen molar-refractivity contribution >= 4 is 52.7 Å². The molecule has 2 heterocycles. The van der Waals surface area contributed by atoms with Crippen molar-refractivity contribution < 1.29 is 28.7 Å². The highest BCUT2D eigenvalue weighted by atomic mass is 35.5. The Labute approximate surface area is 285 Å². The molecule has 2 aromatic rings. The number of ether oxygens (including phenoxy) is 2. The predicted molar refractivity (Wildman–Crippen MR) is 178 cm³/mol. The lowest BCUT2D eigenvalue weighted by Gasteiger charge is -2.34. The summed E-state index contributed by atoms with van der Waals surface area (Å²) >= 11 is 12.5. The van der Waals surface area contributed by atoms with Crippen LogP contribution in [0.1, 0.15) is 65.5 Å². The molecule has 0 aromatic heterocycles. The Morgan fingerprint density at radius 2 is 1.64 bits per heavy atom. The number of hydrogen-bond donors (Lipinski definition) is 1. The first-order valence-electron chi connectivity index (χ1n) is 15.3. The molecule has 0 aliphatic carbocycles. The van der Waals surface area contributed by atoms with E-state index in [0.29, 0.717) is 11.1 Å². The molecule has 1 spiro atoms. The summed E-state index contributed by atoms with van der Waals surface area (Å²) in [6.45, 7) is 12.5. The fourth-order valence-electron chi connectivity index (χ4n) is 6.19. The quantitative estimate of drug-likeness (QED) is 0.299. The Morgan fingerprint density at radius 1 is 1.04 bits per heavy atom. The summed E-state index contributed by atoms with van der Waals surface area (Å²) in [5, 5.41) is 12.7. The lowest BCUT2D eigenvalue weighted by atomic mass is 9.80. The number of esters is 1. The van der Waals surface area contributed by atoms with Crippen LogP contribution < -0.4 is 10.2 Å². The monoisotopic (exact) mass is 685 g/mol. The standard InChI is InChI=1S/C34H41Cl2N5O6/c1-20(46-32(2,3)4)28(29(43)47-33(5,6)7)38-27(42)18-40-17-26(22-11-9-21(16-37)10-12-22)34(19-40)30(44)41(31(45)39(34)8)25-14-23(35)13-24(36)15-25/h9-15,20,26,28H,17-19H2,1-8H3,(H,38,42). The molecule has 4 atom stereocenters. The largest absolute Gasteiger partial charge is 0.458 e. The number of likely N-dealkylation sites (tertiary alicyclic amines) is 1. The van der Waals surface area contributed by atoms with E-state index < -0.39 is 58.6 Å². The molecule has 0 radical (unpaired) electrons. The van der Waals surface area contributed by atoms with E-state index in [2.05, 4.69) is 11.4 Å². The number of hydrogen-bond acceptors (Lipinski definition) is 8. The van der Waals surface area contributed by atoms with Crippen molar-refractivity contribution in [1.82, 2.24) is 15.1 Å². The van der Waals surface area contributed by atoms with Crippen molar-refractivity contribution in [3.05, 3.63) is 63.6 Å². The summed E-state index contributed by atoms with van der Waals surface area (Å²) in [6.07, 6.45) is -0.719. The van der Waals surface area contributed by atoms with Gasteiger partial charge in [0.25, 0.3) is 5.91 Å². The van der Waals surface area contributed by atoms with E-state index in [1.54, 1.807) is 63.9 Å². The molecule has 0 saturated carbocycles. The number of amides is 4. The number of benzene rings is 2. The molecule has 1 N–H and O–H groups in total. The lowest BCUT2D eigenvalue weighted by Crippen LogP contribution is -2.55. The van der Waals surface area contributed by atoms with Gasteiger partial charge in [-0.25, -0.2) is 14.5 Å². The van der Waals surface area contributed by atoms with Crippen LogP contribution in [-0.2, 0) is 23.9 Å². The average Bonchev–Trinajstić information content (AvgIpc) is 3.40. The smallest absolute Gasteiger partial charge is 0.332 e. The third-order valence-electron chi connectivity index (χ3n) is 8.03. The van der Waals surface area contributed by atoms with Crippen LogP contribution in [0.15, 0.2) is 42.5 Å². The SMILES string of the molecule is CC(OC(C)(C)C)C(NC(=O)CN1CC(c2ccc(C#N)cc2)C2(C1)C(=O)N(c1cc(Cl)cc(Cl)c1)C(=O)N2C)C(=O)OC(C)(C)C. The highest BCUT2D eigenvalue weighted by Gasteiger charge is 2.64. The van der Waals surface area contributed by atoms with Gasteiger partial charge in [0.1, 0.15) is 11.1 Å². The predicted octanol–water partition coefficient (Wildman–Crippen LogP) is 5.13. The van der Waals surface area contributed by atoms with Gasteiger partial charge in [0.05, 0.1) is 35.6 Å². The number of nitriles is 1. The number of carbonyl (C=O) groups is 4. The number of urea groups is 1. The van der Waals surface area contributed by atoms with E-state index in [9.17, 15) is 24.4 Å². The molecule has 2 saturated heterocycles. The molecule has 4 amide bonds. The summed E-state index contributed by atoms with van der Waals surface area (Å²) in [7, 11) is 1.55. The van der Waals surface area contributed by atoms with Gasteiger partial charge < -0.3 is 19.7 Å². The van der Waals surface area contributed by atoms with Gasteiger partial charge in [-0.2, -0.15) is 5.26 Å². The molecule has 0 bridgehead atoms. The topological polar surface area (TPSA) is 132 Å². The molecule has 2 aromatic carbocycles. The van der Waals surface area contributed by atoms with E-state index in [0.717, 1.165) is 4.90 Å². The fraction of sp³-hybridized carbons (Fsp3) is 0.500. The molecule has 252 valence electrons. The Hall–Kier alpha value is -3.69. The number of nitrogens with zero attached hydrogens (tertiary/aromatic N) is 4. The van der Waals surface area contributed by atoms with Gasteiger partial charge in [-0.3, -0.25) is 14.5 Å². The maximum Gasteiger partial charge on any atom is 0.332 e. The first-order chi connectivity index (χ1) is 21.8. The Balaban J connectivity index is 1.67. The average molecular weight is 687 g/mol. The van der Waals surface area contributed by atoms with E-state index in [-0.39, 0.29) is 35.4 Å². The number of imide groups is 1. The maximum atomic E-state index is 14.5. The normalized spacial score (nSPS) is 21.6. The van der Waals surface area contributed by atoms with Gasteiger partial charge in [-0.05, 0) is 84.4 Å². The molecule has 11 nitrogen and oxygen atoms in total. The summed E-state index contributed by atoms with van der Waals surface area (Å²) in [5.41, 5.74) is -1.43. The molecule has 13 heteroatoms. The maximum absolute atomic E-state index is 14.5. The third-order valence-corrected chi connectivity index (χ3v) is 8.47. The minimum absolute atomic E-state index is 0.0160. The molecular weight excluding hydrogens is 645 g/mol. The van der Waals surface area contributed by atoms with Gasteiger partial charge in [0.2, 0.25) is 5.91 Å². The molecule has 4 unspecified atom stereocenters. The molecule has 4 rings (SSSR count). The number of anilines is 1. The van der Waals surface area contributed by atoms with Crippen LogP contribution in [0.3, 0.4) is 0 Å². The minimum Gasteiger partial charge on any atom is -0.458 e. The van der Waals surface area contributed by atoms with Gasteiger partial charge in [0.15, 0.2) is 6.04 Å². The van der Waals surface area contributed by atoms with Crippen LogP contribution >= 0.6 is 23.2 Å². The summed E-state index contributed by atoms with van der Waals surface area (Å²) < 4.78 is 11.6. The molecule has 2 aliphatic heterocycles. The Morgan fingerprint density at radius 3 is 2.17 bits per heavy atom. The zero-order valence-electron chi connectivity index (χ0n) is 27.9. The Bertz CT molecular complexity index is 1580. The van der Waals surface area contributed by atoms with Gasteiger partial charge in [-0.15, -0.1) is 0 Å². The number of likely N-dealkylation sites (N-methyl/N-ethyl adjacent to an activating group) is 1. The molecule has 2 aliphatic rings. The van der Waals surface area contributed by atoms with Crippen molar-refractivity contribution in [3.8, 4) is 6.07 Å². The van der Waals surface area contributed by atoms with Crippen LogP contribution in [0.25, 0.3) is 0 Å². The zero-order chi connectivity index (χ0) is 35.1. The second-order valence-corrected chi connectivity index (χ2v) is 14.9. The molecular formula is C34H41Cl2N5O6. The zero-order valence-corrected chi connectivity index (χ0v) is 29.4. The van der Waals surface area contributed by atoms with Crippen molar-refractivity contribution in [3.63, 3.8) is 0 Å². The minimum atomic E-state index is -1.41. The van der Waals surface area contributed by atoms with Crippen LogP contribution in [0, 0.1) is 11.3 Å². The summed E-state index contributed by atoms with van der Waals surface area (Å²) in [6, 6.07) is 11.7. The van der Waals surface area contributed by atoms with Gasteiger partial charge >= 0.3 is 12.0 Å². The first-order valence-corrected chi connectivity index (χ1v) is 16.0. The molecule has 47 heavy (non-hydrogen) atoms. The van der Waals surface area contributed by atoms with Crippen LogP contribution in [0.4, 0.5) is 10.5 Å². The third kappa shape index (κ3) is 7.90. The van der Waals surface area contributed by atoms with Crippen molar-refractivity contribution in [2.75, 3.05) is 31.6 Å². The highest BCUT2D eigenvalue weighted by Crippen LogP contribution is 2.46. The second kappa shape index (κ2) is 13.4. The summed E-state index contributed by atoms with van der Waals surface area (Å²) in [4.78, 5) is 59.3. The van der Waals surface area contributed by atoms with Gasteiger partial charge in [-0.1, -0.05) is 35.3 Å². The second-order valence-electron chi connectivity index (χ2n) is 14.0. The van der Waals surface area contributed by atoms with E-state index >= 15 is 0 Å². The van der Waals surface area contributed by atoms with E-state index in [1.807, 2.05) is 20.8 Å². The molecule has 2 fully saturated rings. The van der Waals surface area contributed by atoms with Crippen molar-refractivity contribution in [1.29, 1.82) is 5.26 Å². The van der Waals surface area contributed by atoms with Crippen LogP contribution in [0.2, 0.25) is 10.0 Å². The number of nitrogens with one attached hydrogen (secondary N) is 1. The van der Waals surface area contributed by atoms with E-state index in [1.165, 1.54) is 23.1 Å².